The van der Waals surface area contributed by atoms with Crippen LogP contribution in [0.5, 0.6) is 5.75 Å². The lowest BCUT2D eigenvalue weighted by Gasteiger charge is -2.05. The van der Waals surface area contributed by atoms with E-state index in [0.717, 1.165) is 5.00 Å². The maximum absolute atomic E-state index is 5.66. The van der Waals surface area contributed by atoms with E-state index in [1.54, 1.807) is 0 Å². The van der Waals surface area contributed by atoms with Crippen molar-refractivity contribution in [3.05, 3.63) is 12.2 Å². The van der Waals surface area contributed by atoms with Crippen LogP contribution in [0.25, 0.3) is 0 Å². The molecule has 0 aliphatic rings. The number of hydrogen-bond acceptors (Lipinski definition) is 8. The number of ether oxygens (including phenoxy) is 1. The van der Waals surface area contributed by atoms with E-state index in [9.17, 15) is 0 Å². The largest absolute Gasteiger partial charge is 0.487 e. The van der Waals surface area contributed by atoms with Crippen molar-refractivity contribution in [2.45, 2.75) is 13.5 Å². The number of anilines is 2. The second kappa shape index (κ2) is 4.79. The number of aromatic nitrogens is 3. The van der Waals surface area contributed by atoms with E-state index >= 15 is 0 Å². The van der Waals surface area contributed by atoms with E-state index in [0.29, 0.717) is 30.5 Å². The van der Waals surface area contributed by atoms with Gasteiger partial charge in [0.25, 0.3) is 0 Å². The van der Waals surface area contributed by atoms with Crippen molar-refractivity contribution in [1.29, 1.82) is 0 Å². The number of rotatable bonds is 5. The van der Waals surface area contributed by atoms with Gasteiger partial charge in [-0.25, -0.2) is 0 Å². The molecule has 0 spiro atoms. The molecule has 8 heteroatoms. The predicted molar refractivity (Wildman–Crippen MR) is 59.3 cm³/mol. The highest BCUT2D eigenvalue weighted by Gasteiger charge is 2.12. The second-order valence-corrected chi connectivity index (χ2v) is 3.63. The molecular weight excluding hydrogens is 230 g/mol. The molecule has 0 aromatic carbocycles. The molecule has 7 nitrogen and oxygen atoms in total. The Kier molecular flexibility index (Phi) is 3.20. The Labute approximate surface area is 95.8 Å². The van der Waals surface area contributed by atoms with Gasteiger partial charge in [-0.05, 0) is 18.5 Å². The van der Waals surface area contributed by atoms with Crippen LogP contribution in [-0.4, -0.2) is 21.1 Å². The number of nitrogens with two attached hydrogens (primary N) is 1. The number of nitrogen functional groups attached to an aromatic ring is 1. The Morgan fingerprint density at radius 2 is 2.50 bits per heavy atom. The van der Waals surface area contributed by atoms with Crippen LogP contribution in [0.1, 0.15) is 12.7 Å². The van der Waals surface area contributed by atoms with E-state index in [4.69, 9.17) is 10.5 Å². The standard InChI is InChI=1S/C8H11N5O2S/c1-2-14-6-7(9)13-16-8(6)10-3-5-11-4-15-12-5/h4,10H,2-3H2,1H3,(H2,9,13). The van der Waals surface area contributed by atoms with Gasteiger partial charge in [-0.3, -0.25) is 0 Å². The Morgan fingerprint density at radius 3 is 3.19 bits per heavy atom. The van der Waals surface area contributed by atoms with E-state index < -0.39 is 0 Å². The first-order valence-electron chi connectivity index (χ1n) is 4.68. The molecule has 0 saturated carbocycles. The molecule has 86 valence electrons. The molecule has 2 aromatic rings. The summed E-state index contributed by atoms with van der Waals surface area (Å²) in [6, 6.07) is 0. The molecule has 2 heterocycles. The molecule has 0 saturated heterocycles. The summed E-state index contributed by atoms with van der Waals surface area (Å²) in [5, 5.41) is 7.53. The third-order valence-corrected chi connectivity index (χ3v) is 2.58. The van der Waals surface area contributed by atoms with Gasteiger partial charge in [0.2, 0.25) is 6.39 Å². The number of hydrogen-bond donors (Lipinski definition) is 2. The summed E-state index contributed by atoms with van der Waals surface area (Å²) in [5.74, 6) is 1.54. The van der Waals surface area contributed by atoms with Crippen molar-refractivity contribution in [3.63, 3.8) is 0 Å². The predicted octanol–water partition coefficient (Wildman–Crippen LogP) is 1.12. The third-order valence-electron chi connectivity index (χ3n) is 1.78. The van der Waals surface area contributed by atoms with Gasteiger partial charge in [0, 0.05) is 0 Å². The van der Waals surface area contributed by atoms with Crippen molar-refractivity contribution < 1.29 is 9.26 Å². The molecular formula is C8H11N5O2S. The maximum atomic E-state index is 5.66. The van der Waals surface area contributed by atoms with Crippen LogP contribution in [0.3, 0.4) is 0 Å². The summed E-state index contributed by atoms with van der Waals surface area (Å²) in [6.07, 6.45) is 1.28. The van der Waals surface area contributed by atoms with Crippen LogP contribution in [-0.2, 0) is 6.54 Å². The lowest BCUT2D eigenvalue weighted by atomic mass is 10.5. The van der Waals surface area contributed by atoms with Gasteiger partial charge < -0.3 is 20.3 Å². The molecule has 0 fully saturated rings. The van der Waals surface area contributed by atoms with Gasteiger partial charge in [-0.1, -0.05) is 5.16 Å². The normalized spacial score (nSPS) is 10.3. The maximum Gasteiger partial charge on any atom is 0.213 e. The van der Waals surface area contributed by atoms with Crippen LogP contribution in [0, 0.1) is 0 Å². The fraction of sp³-hybridized carbons (Fsp3) is 0.375. The molecule has 0 amide bonds. The first-order chi connectivity index (χ1) is 7.81. The summed E-state index contributed by atoms with van der Waals surface area (Å²) in [5.41, 5.74) is 5.66. The molecule has 0 aliphatic carbocycles. The topological polar surface area (TPSA) is 99.1 Å². The van der Waals surface area contributed by atoms with Crippen molar-refractivity contribution in [2.75, 3.05) is 17.7 Å². The Balaban J connectivity index is 2.03. The SMILES string of the molecule is CCOc1c(N)nsc1NCc1ncon1. The van der Waals surface area contributed by atoms with Gasteiger partial charge in [0.15, 0.2) is 22.4 Å². The van der Waals surface area contributed by atoms with Crippen LogP contribution in [0.15, 0.2) is 10.9 Å². The van der Waals surface area contributed by atoms with Gasteiger partial charge in [-0.15, -0.1) is 0 Å². The van der Waals surface area contributed by atoms with Gasteiger partial charge >= 0.3 is 0 Å². The smallest absolute Gasteiger partial charge is 0.213 e. The highest BCUT2D eigenvalue weighted by molar-refractivity contribution is 7.11. The molecule has 2 aromatic heterocycles. The minimum atomic E-state index is 0.391. The molecule has 0 bridgehead atoms. The molecule has 0 aliphatic heterocycles. The molecule has 3 N–H and O–H groups in total. The first kappa shape index (κ1) is 10.7. The van der Waals surface area contributed by atoms with Crippen LogP contribution < -0.4 is 15.8 Å². The molecule has 0 atom stereocenters. The van der Waals surface area contributed by atoms with E-state index in [-0.39, 0.29) is 0 Å². The van der Waals surface area contributed by atoms with Gasteiger partial charge in [0.1, 0.15) is 0 Å². The first-order valence-corrected chi connectivity index (χ1v) is 5.45. The molecule has 0 radical (unpaired) electrons. The minimum absolute atomic E-state index is 0.391. The quantitative estimate of drug-likeness (QED) is 0.809. The third kappa shape index (κ3) is 2.22. The lowest BCUT2D eigenvalue weighted by molar-refractivity contribution is 0.344. The summed E-state index contributed by atoms with van der Waals surface area (Å²) in [7, 11) is 0. The van der Waals surface area contributed by atoms with Gasteiger partial charge in [0.05, 0.1) is 13.2 Å². The monoisotopic (exact) mass is 241 g/mol. The molecule has 2 rings (SSSR count). The fourth-order valence-corrected chi connectivity index (χ4v) is 1.78. The van der Waals surface area contributed by atoms with Crippen molar-refractivity contribution >= 4 is 22.4 Å². The van der Waals surface area contributed by atoms with Crippen LogP contribution in [0.4, 0.5) is 10.8 Å². The minimum Gasteiger partial charge on any atom is -0.487 e. The van der Waals surface area contributed by atoms with Crippen molar-refractivity contribution in [2.24, 2.45) is 0 Å². The van der Waals surface area contributed by atoms with Gasteiger partial charge in [-0.2, -0.15) is 9.36 Å². The molecule has 16 heavy (non-hydrogen) atoms. The Bertz CT molecular complexity index is 441. The summed E-state index contributed by atoms with van der Waals surface area (Å²) >= 11 is 1.24. The Morgan fingerprint density at radius 1 is 1.62 bits per heavy atom. The molecule has 0 unspecified atom stereocenters. The zero-order chi connectivity index (χ0) is 11.4. The highest BCUT2D eigenvalue weighted by atomic mass is 32.1. The average Bonchev–Trinajstić information content (AvgIpc) is 2.89. The average molecular weight is 241 g/mol. The summed E-state index contributed by atoms with van der Waals surface area (Å²) in [4.78, 5) is 3.89. The number of nitrogens with one attached hydrogen (secondary N) is 1. The van der Waals surface area contributed by atoms with E-state index in [1.807, 2.05) is 6.92 Å². The lowest BCUT2D eigenvalue weighted by Crippen LogP contribution is -2.02. The van der Waals surface area contributed by atoms with E-state index in [1.165, 1.54) is 17.9 Å². The highest BCUT2D eigenvalue weighted by Crippen LogP contribution is 2.35. The van der Waals surface area contributed by atoms with E-state index in [2.05, 4.69) is 24.4 Å². The van der Waals surface area contributed by atoms with Crippen LogP contribution in [0.2, 0.25) is 0 Å². The fourth-order valence-electron chi connectivity index (χ4n) is 1.12. The van der Waals surface area contributed by atoms with Crippen LogP contribution >= 0.6 is 11.5 Å². The Hall–Kier alpha value is -1.83. The zero-order valence-electron chi connectivity index (χ0n) is 8.64. The number of nitrogens with zero attached hydrogens (tertiary/aromatic N) is 3. The van der Waals surface area contributed by atoms with Crippen molar-refractivity contribution in [1.82, 2.24) is 14.5 Å². The summed E-state index contributed by atoms with van der Waals surface area (Å²) < 4.78 is 14.0. The summed E-state index contributed by atoms with van der Waals surface area (Å²) in [6.45, 7) is 2.87. The van der Waals surface area contributed by atoms with Crippen molar-refractivity contribution in [3.8, 4) is 5.75 Å². The second-order valence-electron chi connectivity index (χ2n) is 2.86. The zero-order valence-corrected chi connectivity index (χ0v) is 9.45.